The largest absolute Gasteiger partial charge is 0.416 e. The van der Waals surface area contributed by atoms with Crippen LogP contribution in [0.15, 0.2) is 42.5 Å². The average molecular weight is 280 g/mol. The number of aryl methyl sites for hydroxylation is 1. The SMILES string of the molecule is Cc1cccc(NC(C)c2ccc(C(F)(F)F)cc2)n1. The predicted octanol–water partition coefficient (Wildman–Crippen LogP) is 4.58. The molecule has 1 N–H and O–H groups in total. The Balaban J connectivity index is 2.11. The van der Waals surface area contributed by atoms with E-state index in [4.69, 9.17) is 0 Å². The number of rotatable bonds is 3. The van der Waals surface area contributed by atoms with Crippen LogP contribution in [0.1, 0.15) is 29.8 Å². The lowest BCUT2D eigenvalue weighted by Gasteiger charge is -2.16. The fraction of sp³-hybridized carbons (Fsp3) is 0.267. The van der Waals surface area contributed by atoms with Crippen molar-refractivity contribution in [1.82, 2.24) is 4.98 Å². The van der Waals surface area contributed by atoms with E-state index in [2.05, 4.69) is 10.3 Å². The van der Waals surface area contributed by atoms with Crippen molar-refractivity contribution in [3.8, 4) is 0 Å². The van der Waals surface area contributed by atoms with E-state index in [1.807, 2.05) is 32.0 Å². The Kier molecular flexibility index (Phi) is 3.97. The second-order valence-corrected chi connectivity index (χ2v) is 4.65. The molecule has 0 saturated heterocycles. The molecule has 106 valence electrons. The highest BCUT2D eigenvalue weighted by atomic mass is 19.4. The van der Waals surface area contributed by atoms with Gasteiger partial charge in [0.1, 0.15) is 5.82 Å². The van der Waals surface area contributed by atoms with Gasteiger partial charge < -0.3 is 5.32 Å². The predicted molar refractivity (Wildman–Crippen MR) is 72.5 cm³/mol. The summed E-state index contributed by atoms with van der Waals surface area (Å²) in [6, 6.07) is 10.6. The third-order valence-electron chi connectivity index (χ3n) is 2.99. The Morgan fingerprint density at radius 1 is 1.05 bits per heavy atom. The molecule has 0 bridgehead atoms. The number of pyridine rings is 1. The molecule has 0 aliphatic carbocycles. The maximum atomic E-state index is 12.5. The van der Waals surface area contributed by atoms with E-state index in [0.717, 1.165) is 23.4 Å². The Morgan fingerprint density at radius 2 is 1.70 bits per heavy atom. The Morgan fingerprint density at radius 3 is 2.25 bits per heavy atom. The van der Waals surface area contributed by atoms with E-state index in [1.54, 1.807) is 0 Å². The molecule has 20 heavy (non-hydrogen) atoms. The Bertz CT molecular complexity index is 576. The van der Waals surface area contributed by atoms with Gasteiger partial charge in [0.05, 0.1) is 5.56 Å². The van der Waals surface area contributed by atoms with Crippen molar-refractivity contribution in [2.24, 2.45) is 0 Å². The standard InChI is InChI=1S/C15H15F3N2/c1-10-4-3-5-14(19-10)20-11(2)12-6-8-13(9-7-12)15(16,17)18/h3-9,11H,1-2H3,(H,19,20). The summed E-state index contributed by atoms with van der Waals surface area (Å²) in [5.41, 5.74) is 1.03. The maximum absolute atomic E-state index is 12.5. The minimum Gasteiger partial charge on any atom is -0.364 e. The van der Waals surface area contributed by atoms with E-state index >= 15 is 0 Å². The van der Waals surface area contributed by atoms with Crippen LogP contribution in [0.3, 0.4) is 0 Å². The van der Waals surface area contributed by atoms with Crippen LogP contribution in [0.2, 0.25) is 0 Å². The lowest BCUT2D eigenvalue weighted by Crippen LogP contribution is -2.09. The Labute approximate surface area is 115 Å². The van der Waals surface area contributed by atoms with Crippen LogP contribution >= 0.6 is 0 Å². The highest BCUT2D eigenvalue weighted by Crippen LogP contribution is 2.30. The lowest BCUT2D eigenvalue weighted by molar-refractivity contribution is -0.137. The number of nitrogens with zero attached hydrogens (tertiary/aromatic N) is 1. The van der Waals surface area contributed by atoms with Gasteiger partial charge in [-0.25, -0.2) is 4.98 Å². The molecule has 1 atom stereocenters. The van der Waals surface area contributed by atoms with Gasteiger partial charge in [0.2, 0.25) is 0 Å². The summed E-state index contributed by atoms with van der Waals surface area (Å²) < 4.78 is 37.5. The second kappa shape index (κ2) is 5.53. The summed E-state index contributed by atoms with van der Waals surface area (Å²) in [7, 11) is 0. The molecule has 1 unspecified atom stereocenters. The number of benzene rings is 1. The molecule has 0 saturated carbocycles. The maximum Gasteiger partial charge on any atom is 0.416 e. The Hall–Kier alpha value is -2.04. The molecule has 5 heteroatoms. The van der Waals surface area contributed by atoms with Crippen LogP contribution in [-0.2, 0) is 6.18 Å². The first-order valence-corrected chi connectivity index (χ1v) is 6.23. The molecular formula is C15H15F3N2. The van der Waals surface area contributed by atoms with Crippen LogP contribution in [-0.4, -0.2) is 4.98 Å². The smallest absolute Gasteiger partial charge is 0.364 e. The zero-order valence-corrected chi connectivity index (χ0v) is 11.2. The molecule has 2 rings (SSSR count). The van der Waals surface area contributed by atoms with Crippen molar-refractivity contribution >= 4 is 5.82 Å². The third-order valence-corrected chi connectivity index (χ3v) is 2.99. The first-order valence-electron chi connectivity index (χ1n) is 6.23. The summed E-state index contributed by atoms with van der Waals surface area (Å²) in [6.45, 7) is 3.76. The molecule has 0 spiro atoms. The molecular weight excluding hydrogens is 265 g/mol. The average Bonchev–Trinajstić information content (AvgIpc) is 2.38. The van der Waals surface area contributed by atoms with Gasteiger partial charge in [-0.15, -0.1) is 0 Å². The van der Waals surface area contributed by atoms with E-state index < -0.39 is 11.7 Å². The van der Waals surface area contributed by atoms with Crippen LogP contribution in [0.4, 0.5) is 19.0 Å². The first-order chi connectivity index (χ1) is 9.36. The van der Waals surface area contributed by atoms with Gasteiger partial charge in [-0.3, -0.25) is 0 Å². The van der Waals surface area contributed by atoms with Crippen molar-refractivity contribution in [1.29, 1.82) is 0 Å². The van der Waals surface area contributed by atoms with Crippen molar-refractivity contribution in [2.75, 3.05) is 5.32 Å². The van der Waals surface area contributed by atoms with Crippen molar-refractivity contribution < 1.29 is 13.2 Å². The minimum absolute atomic E-state index is 0.119. The van der Waals surface area contributed by atoms with E-state index in [9.17, 15) is 13.2 Å². The van der Waals surface area contributed by atoms with E-state index in [-0.39, 0.29) is 6.04 Å². The monoisotopic (exact) mass is 280 g/mol. The van der Waals surface area contributed by atoms with Crippen molar-refractivity contribution in [3.63, 3.8) is 0 Å². The van der Waals surface area contributed by atoms with Gasteiger partial charge in [-0.2, -0.15) is 13.2 Å². The number of alkyl halides is 3. The molecule has 0 radical (unpaired) electrons. The molecule has 2 aromatic rings. The molecule has 0 aliphatic rings. The molecule has 1 aromatic heterocycles. The zero-order chi connectivity index (χ0) is 14.8. The van der Waals surface area contributed by atoms with Crippen LogP contribution in [0, 0.1) is 6.92 Å². The molecule has 1 aromatic carbocycles. The third kappa shape index (κ3) is 3.50. The summed E-state index contributed by atoms with van der Waals surface area (Å²) in [4.78, 5) is 4.30. The highest BCUT2D eigenvalue weighted by Gasteiger charge is 2.30. The molecule has 1 heterocycles. The summed E-state index contributed by atoms with van der Waals surface area (Å²) in [5, 5.41) is 3.16. The quantitative estimate of drug-likeness (QED) is 0.890. The van der Waals surface area contributed by atoms with Gasteiger partial charge in [-0.05, 0) is 43.7 Å². The van der Waals surface area contributed by atoms with Gasteiger partial charge in [0, 0.05) is 11.7 Å². The minimum atomic E-state index is -4.30. The highest BCUT2D eigenvalue weighted by molar-refractivity contribution is 5.39. The number of aromatic nitrogens is 1. The normalized spacial score (nSPS) is 13.1. The zero-order valence-electron chi connectivity index (χ0n) is 11.2. The fourth-order valence-electron chi connectivity index (χ4n) is 1.89. The van der Waals surface area contributed by atoms with E-state index in [1.165, 1.54) is 12.1 Å². The van der Waals surface area contributed by atoms with Crippen molar-refractivity contribution in [2.45, 2.75) is 26.1 Å². The fourth-order valence-corrected chi connectivity index (χ4v) is 1.89. The number of halogens is 3. The topological polar surface area (TPSA) is 24.9 Å². The number of anilines is 1. The summed E-state index contributed by atoms with van der Waals surface area (Å²) in [6.07, 6.45) is -4.30. The molecule has 0 fully saturated rings. The van der Waals surface area contributed by atoms with Gasteiger partial charge in [0.15, 0.2) is 0 Å². The van der Waals surface area contributed by atoms with Gasteiger partial charge in [-0.1, -0.05) is 18.2 Å². The first kappa shape index (κ1) is 14.4. The summed E-state index contributed by atoms with van der Waals surface area (Å²) in [5.74, 6) is 0.706. The molecule has 2 nitrogen and oxygen atoms in total. The van der Waals surface area contributed by atoms with Crippen LogP contribution < -0.4 is 5.32 Å². The number of hydrogen-bond acceptors (Lipinski definition) is 2. The van der Waals surface area contributed by atoms with Crippen LogP contribution in [0.5, 0.6) is 0 Å². The molecule has 0 amide bonds. The van der Waals surface area contributed by atoms with E-state index in [0.29, 0.717) is 5.82 Å². The summed E-state index contributed by atoms with van der Waals surface area (Å²) >= 11 is 0. The van der Waals surface area contributed by atoms with Gasteiger partial charge >= 0.3 is 6.18 Å². The van der Waals surface area contributed by atoms with Crippen LogP contribution in [0.25, 0.3) is 0 Å². The number of nitrogens with one attached hydrogen (secondary N) is 1. The van der Waals surface area contributed by atoms with Gasteiger partial charge in [0.25, 0.3) is 0 Å². The lowest BCUT2D eigenvalue weighted by atomic mass is 10.1. The molecule has 0 aliphatic heterocycles. The second-order valence-electron chi connectivity index (χ2n) is 4.65. The number of hydrogen-bond donors (Lipinski definition) is 1. The van der Waals surface area contributed by atoms with Crippen molar-refractivity contribution in [3.05, 3.63) is 59.3 Å².